The van der Waals surface area contributed by atoms with Crippen LogP contribution in [0.1, 0.15) is 0 Å². The van der Waals surface area contributed by atoms with Crippen LogP contribution in [0.15, 0.2) is 39.5 Å². The SMILES string of the molecule is Nc1[nH]ncc1-c1nc(-c2ccc(Br)cc2)no1. The molecule has 90 valence electrons. The van der Waals surface area contributed by atoms with Crippen molar-refractivity contribution in [1.82, 2.24) is 20.3 Å². The van der Waals surface area contributed by atoms with E-state index in [-0.39, 0.29) is 0 Å². The molecule has 3 rings (SSSR count). The Morgan fingerprint density at radius 3 is 2.67 bits per heavy atom. The monoisotopic (exact) mass is 305 g/mol. The van der Waals surface area contributed by atoms with Crippen molar-refractivity contribution < 1.29 is 4.52 Å². The molecule has 6 nitrogen and oxygen atoms in total. The second-order valence-corrected chi connectivity index (χ2v) is 4.54. The zero-order chi connectivity index (χ0) is 12.5. The van der Waals surface area contributed by atoms with Crippen molar-refractivity contribution in [2.75, 3.05) is 5.73 Å². The van der Waals surface area contributed by atoms with Crippen LogP contribution in [0.5, 0.6) is 0 Å². The predicted octanol–water partition coefficient (Wildman–Crippen LogP) is 2.47. The normalized spacial score (nSPS) is 10.7. The van der Waals surface area contributed by atoms with Gasteiger partial charge in [0.25, 0.3) is 5.89 Å². The minimum absolute atomic E-state index is 0.346. The lowest BCUT2D eigenvalue weighted by Gasteiger charge is -1.93. The first kappa shape index (κ1) is 11.0. The van der Waals surface area contributed by atoms with Gasteiger partial charge in [0.1, 0.15) is 11.4 Å². The van der Waals surface area contributed by atoms with Crippen molar-refractivity contribution in [3.05, 3.63) is 34.9 Å². The number of halogens is 1. The number of nitrogens with zero attached hydrogens (tertiary/aromatic N) is 3. The van der Waals surface area contributed by atoms with Gasteiger partial charge in [-0.15, -0.1) is 0 Å². The van der Waals surface area contributed by atoms with Gasteiger partial charge in [0.15, 0.2) is 0 Å². The molecule has 0 unspecified atom stereocenters. The Kier molecular flexibility index (Phi) is 2.60. The largest absolute Gasteiger partial charge is 0.383 e. The van der Waals surface area contributed by atoms with Crippen LogP contribution in [0.3, 0.4) is 0 Å². The van der Waals surface area contributed by atoms with Crippen molar-refractivity contribution in [2.45, 2.75) is 0 Å². The maximum Gasteiger partial charge on any atom is 0.263 e. The van der Waals surface area contributed by atoms with E-state index in [1.165, 1.54) is 0 Å². The molecule has 0 aliphatic heterocycles. The van der Waals surface area contributed by atoms with E-state index in [2.05, 4.69) is 36.3 Å². The number of nitrogens with one attached hydrogen (secondary N) is 1. The number of nitrogens with two attached hydrogens (primary N) is 1. The van der Waals surface area contributed by atoms with Crippen LogP contribution in [0, 0.1) is 0 Å². The van der Waals surface area contributed by atoms with Crippen LogP contribution in [-0.2, 0) is 0 Å². The molecule has 0 amide bonds. The molecule has 18 heavy (non-hydrogen) atoms. The number of rotatable bonds is 2. The fraction of sp³-hybridized carbons (Fsp3) is 0. The minimum atomic E-state index is 0.346. The van der Waals surface area contributed by atoms with Gasteiger partial charge in [-0.1, -0.05) is 21.1 Å². The number of aromatic amines is 1. The Morgan fingerprint density at radius 2 is 2.00 bits per heavy atom. The van der Waals surface area contributed by atoms with Crippen molar-refractivity contribution in [3.63, 3.8) is 0 Å². The highest BCUT2D eigenvalue weighted by Gasteiger charge is 2.14. The molecule has 3 N–H and O–H groups in total. The smallest absolute Gasteiger partial charge is 0.263 e. The molecule has 0 spiro atoms. The number of benzene rings is 1. The second-order valence-electron chi connectivity index (χ2n) is 3.63. The molecule has 2 heterocycles. The molecule has 0 aliphatic carbocycles. The lowest BCUT2D eigenvalue weighted by Crippen LogP contribution is -1.87. The molecule has 0 saturated heterocycles. The van der Waals surface area contributed by atoms with E-state index in [4.69, 9.17) is 10.3 Å². The number of aromatic nitrogens is 4. The summed E-state index contributed by atoms with van der Waals surface area (Å²) < 4.78 is 6.16. The lowest BCUT2D eigenvalue weighted by atomic mass is 10.2. The Bertz CT molecular complexity index is 673. The molecular formula is C11H8BrN5O. The van der Waals surface area contributed by atoms with E-state index in [1.807, 2.05) is 24.3 Å². The fourth-order valence-corrected chi connectivity index (χ4v) is 1.78. The molecular weight excluding hydrogens is 298 g/mol. The van der Waals surface area contributed by atoms with Gasteiger partial charge in [0, 0.05) is 10.0 Å². The first-order valence-corrected chi connectivity index (χ1v) is 5.92. The summed E-state index contributed by atoms with van der Waals surface area (Å²) in [6.07, 6.45) is 1.55. The molecule has 0 bridgehead atoms. The van der Waals surface area contributed by atoms with E-state index in [0.717, 1.165) is 10.0 Å². The summed E-state index contributed by atoms with van der Waals surface area (Å²) in [4.78, 5) is 4.28. The van der Waals surface area contributed by atoms with Crippen LogP contribution < -0.4 is 5.73 Å². The minimum Gasteiger partial charge on any atom is -0.383 e. The van der Waals surface area contributed by atoms with Gasteiger partial charge in [0.05, 0.1) is 6.20 Å². The van der Waals surface area contributed by atoms with E-state index in [1.54, 1.807) is 6.20 Å². The van der Waals surface area contributed by atoms with Gasteiger partial charge in [-0.25, -0.2) is 0 Å². The molecule has 7 heteroatoms. The fourth-order valence-electron chi connectivity index (χ4n) is 1.52. The highest BCUT2D eigenvalue weighted by atomic mass is 79.9. The summed E-state index contributed by atoms with van der Waals surface area (Å²) in [7, 11) is 0. The quantitative estimate of drug-likeness (QED) is 0.758. The van der Waals surface area contributed by atoms with Gasteiger partial charge in [0.2, 0.25) is 5.82 Å². The number of hydrogen-bond donors (Lipinski definition) is 2. The van der Waals surface area contributed by atoms with Crippen LogP contribution in [0.25, 0.3) is 22.8 Å². The molecule has 0 aliphatic rings. The second kappa shape index (κ2) is 4.26. The Labute approximate surface area is 110 Å². The van der Waals surface area contributed by atoms with Crippen LogP contribution >= 0.6 is 15.9 Å². The maximum atomic E-state index is 5.69. The van der Waals surface area contributed by atoms with E-state index in [9.17, 15) is 0 Å². The predicted molar refractivity (Wildman–Crippen MR) is 69.4 cm³/mol. The van der Waals surface area contributed by atoms with Crippen LogP contribution in [0.4, 0.5) is 5.82 Å². The van der Waals surface area contributed by atoms with E-state index >= 15 is 0 Å². The molecule has 3 aromatic rings. The summed E-state index contributed by atoms with van der Waals surface area (Å²) in [6.45, 7) is 0. The zero-order valence-corrected chi connectivity index (χ0v) is 10.7. The average Bonchev–Trinajstić information content (AvgIpc) is 2.98. The maximum absolute atomic E-state index is 5.69. The van der Waals surface area contributed by atoms with Crippen molar-refractivity contribution >= 4 is 21.7 Å². The van der Waals surface area contributed by atoms with E-state index < -0.39 is 0 Å². The summed E-state index contributed by atoms with van der Waals surface area (Å²) in [5.74, 6) is 1.26. The number of H-pyrrole nitrogens is 1. The molecule has 1 aromatic carbocycles. The summed E-state index contributed by atoms with van der Waals surface area (Å²) in [6, 6.07) is 7.63. The Balaban J connectivity index is 1.99. The van der Waals surface area contributed by atoms with Gasteiger partial charge < -0.3 is 10.3 Å². The molecule has 0 saturated carbocycles. The van der Waals surface area contributed by atoms with Gasteiger partial charge in [-0.3, -0.25) is 5.10 Å². The summed E-state index contributed by atoms with van der Waals surface area (Å²) >= 11 is 3.37. The van der Waals surface area contributed by atoms with Crippen molar-refractivity contribution in [1.29, 1.82) is 0 Å². The van der Waals surface area contributed by atoms with Gasteiger partial charge in [-0.2, -0.15) is 10.1 Å². The molecule has 2 aromatic heterocycles. The number of anilines is 1. The van der Waals surface area contributed by atoms with Crippen LogP contribution in [0.2, 0.25) is 0 Å². The Hall–Kier alpha value is -2.15. The third-order valence-electron chi connectivity index (χ3n) is 2.43. The summed E-state index contributed by atoms with van der Waals surface area (Å²) in [5, 5.41) is 10.3. The molecule has 0 fully saturated rings. The standard InChI is InChI=1S/C11H8BrN5O/c12-7-3-1-6(2-4-7)10-15-11(18-17-10)8-5-14-16-9(8)13/h1-5H,(H3,13,14,16). The molecule has 0 atom stereocenters. The lowest BCUT2D eigenvalue weighted by molar-refractivity contribution is 0.432. The van der Waals surface area contributed by atoms with Gasteiger partial charge in [-0.05, 0) is 24.3 Å². The van der Waals surface area contributed by atoms with E-state index in [0.29, 0.717) is 23.1 Å². The molecule has 0 radical (unpaired) electrons. The summed E-state index contributed by atoms with van der Waals surface area (Å²) in [5.41, 5.74) is 7.16. The van der Waals surface area contributed by atoms with Crippen molar-refractivity contribution in [2.24, 2.45) is 0 Å². The van der Waals surface area contributed by atoms with Gasteiger partial charge >= 0.3 is 0 Å². The highest BCUT2D eigenvalue weighted by Crippen LogP contribution is 2.25. The number of nitrogen functional groups attached to an aromatic ring is 1. The third-order valence-corrected chi connectivity index (χ3v) is 2.96. The van der Waals surface area contributed by atoms with Crippen molar-refractivity contribution in [3.8, 4) is 22.8 Å². The highest BCUT2D eigenvalue weighted by molar-refractivity contribution is 9.10. The first-order chi connectivity index (χ1) is 8.74. The Morgan fingerprint density at radius 1 is 1.22 bits per heavy atom. The number of hydrogen-bond acceptors (Lipinski definition) is 5. The van der Waals surface area contributed by atoms with Crippen LogP contribution in [-0.4, -0.2) is 20.3 Å². The topological polar surface area (TPSA) is 93.6 Å². The zero-order valence-electron chi connectivity index (χ0n) is 9.09. The average molecular weight is 306 g/mol. The third kappa shape index (κ3) is 1.88. The first-order valence-electron chi connectivity index (χ1n) is 5.13.